The molecule has 1 N–H and O–H groups in total. The van der Waals surface area contributed by atoms with E-state index in [1.807, 2.05) is 55.5 Å². The minimum atomic E-state index is -0.430. The summed E-state index contributed by atoms with van der Waals surface area (Å²) >= 11 is 5.94. The lowest BCUT2D eigenvalue weighted by atomic mass is 10.1. The number of nitrogens with zero attached hydrogens (tertiary/aromatic N) is 2. The molecule has 2 aromatic carbocycles. The van der Waals surface area contributed by atoms with Gasteiger partial charge in [-0.25, -0.2) is 0 Å². The summed E-state index contributed by atoms with van der Waals surface area (Å²) in [7, 11) is 0. The van der Waals surface area contributed by atoms with Crippen LogP contribution in [0.3, 0.4) is 0 Å². The number of piperazine rings is 1. The maximum atomic E-state index is 12.9. The third kappa shape index (κ3) is 3.68. The number of carbonyl (C=O) groups is 2. The van der Waals surface area contributed by atoms with E-state index in [0.717, 1.165) is 41.3 Å². The highest BCUT2D eigenvalue weighted by Gasteiger charge is 2.29. The van der Waals surface area contributed by atoms with Gasteiger partial charge in [-0.15, -0.1) is 0 Å². The second-order valence-corrected chi connectivity index (χ2v) is 7.63. The van der Waals surface area contributed by atoms with Crippen LogP contribution in [0.5, 0.6) is 0 Å². The van der Waals surface area contributed by atoms with Gasteiger partial charge in [-0.2, -0.15) is 0 Å². The molecule has 144 valence electrons. The molecule has 0 aliphatic carbocycles. The van der Waals surface area contributed by atoms with Gasteiger partial charge in [0.15, 0.2) is 0 Å². The van der Waals surface area contributed by atoms with Crippen LogP contribution in [-0.4, -0.2) is 52.7 Å². The number of benzene rings is 2. The van der Waals surface area contributed by atoms with E-state index >= 15 is 0 Å². The van der Waals surface area contributed by atoms with Crippen molar-refractivity contribution in [1.82, 2.24) is 14.8 Å². The zero-order valence-electron chi connectivity index (χ0n) is 15.7. The number of hydrogen-bond acceptors (Lipinski definition) is 3. The Hall–Kier alpha value is -2.63. The number of Topliss-reactive ketones (excluding diaryl/α,β-unsaturated/α-hetero) is 1. The van der Waals surface area contributed by atoms with Gasteiger partial charge in [0.1, 0.15) is 0 Å². The molecule has 5 nitrogen and oxygen atoms in total. The third-order valence-corrected chi connectivity index (χ3v) is 5.55. The zero-order chi connectivity index (χ0) is 19.7. The van der Waals surface area contributed by atoms with Crippen molar-refractivity contribution in [3.63, 3.8) is 0 Å². The Bertz CT molecular complexity index is 1020. The Kier molecular flexibility index (Phi) is 5.20. The molecular formula is C22H22ClN3O2. The molecule has 1 aliphatic heterocycles. The first kappa shape index (κ1) is 18.7. The highest BCUT2D eigenvalue weighted by atomic mass is 35.5. The number of rotatable bonds is 4. The van der Waals surface area contributed by atoms with E-state index < -0.39 is 11.7 Å². The monoisotopic (exact) mass is 395 g/mol. The fraction of sp³-hybridized carbons (Fsp3) is 0.273. The molecule has 0 unspecified atom stereocenters. The molecule has 1 saturated heterocycles. The van der Waals surface area contributed by atoms with Crippen LogP contribution in [0.4, 0.5) is 0 Å². The molecule has 1 aliphatic rings. The highest BCUT2D eigenvalue weighted by molar-refractivity contribution is 6.45. The normalized spacial score (nSPS) is 15.1. The number of aromatic amines is 1. The number of H-pyrrole nitrogens is 1. The first-order valence-electron chi connectivity index (χ1n) is 9.40. The molecule has 0 bridgehead atoms. The summed E-state index contributed by atoms with van der Waals surface area (Å²) in [4.78, 5) is 32.9. The van der Waals surface area contributed by atoms with E-state index in [4.69, 9.17) is 11.6 Å². The van der Waals surface area contributed by atoms with Gasteiger partial charge in [-0.05, 0) is 30.7 Å². The maximum absolute atomic E-state index is 12.9. The molecule has 2 heterocycles. The molecule has 4 rings (SSSR count). The van der Waals surface area contributed by atoms with Gasteiger partial charge in [0.2, 0.25) is 0 Å². The molecule has 0 atom stereocenters. The van der Waals surface area contributed by atoms with Gasteiger partial charge in [0, 0.05) is 54.3 Å². The lowest BCUT2D eigenvalue weighted by Gasteiger charge is -2.34. The van der Waals surface area contributed by atoms with Gasteiger partial charge < -0.3 is 9.88 Å². The molecule has 1 aromatic heterocycles. The quantitative estimate of drug-likeness (QED) is 0.541. The summed E-state index contributed by atoms with van der Waals surface area (Å²) in [6.45, 7) is 5.25. The molecule has 0 saturated carbocycles. The average Bonchev–Trinajstić information content (AvgIpc) is 3.05. The van der Waals surface area contributed by atoms with Gasteiger partial charge in [0.25, 0.3) is 11.7 Å². The number of aromatic nitrogens is 1. The predicted octanol–water partition coefficient (Wildman–Crippen LogP) is 3.66. The number of ketones is 1. The highest BCUT2D eigenvalue weighted by Crippen LogP contribution is 2.23. The van der Waals surface area contributed by atoms with E-state index in [1.165, 1.54) is 5.56 Å². The Balaban J connectivity index is 1.41. The van der Waals surface area contributed by atoms with Gasteiger partial charge in [-0.1, -0.05) is 41.9 Å². The van der Waals surface area contributed by atoms with E-state index in [-0.39, 0.29) is 0 Å². The fourth-order valence-corrected chi connectivity index (χ4v) is 3.90. The van der Waals surface area contributed by atoms with Crippen molar-refractivity contribution >= 4 is 34.2 Å². The molecular weight excluding hydrogens is 374 g/mol. The second kappa shape index (κ2) is 7.78. The molecule has 3 aromatic rings. The number of carbonyl (C=O) groups excluding carboxylic acids is 2. The van der Waals surface area contributed by atoms with Gasteiger partial charge >= 0.3 is 0 Å². The number of nitrogens with one attached hydrogen (secondary N) is 1. The summed E-state index contributed by atoms with van der Waals surface area (Å²) < 4.78 is 0. The standard InChI is InChI=1S/C22H22ClN3O2/c1-15-20(18-4-2-3-5-19(18)24-15)21(27)22(28)26-12-10-25(11-13-26)14-16-6-8-17(23)9-7-16/h2-9,24H,10-14H2,1H3. The van der Waals surface area contributed by atoms with Crippen LogP contribution in [0.2, 0.25) is 5.02 Å². The van der Waals surface area contributed by atoms with Crippen molar-refractivity contribution in [3.05, 3.63) is 70.4 Å². The van der Waals surface area contributed by atoms with Crippen LogP contribution in [0.25, 0.3) is 10.9 Å². The number of fused-ring (bicyclic) bond motifs is 1. The SMILES string of the molecule is Cc1[nH]c2ccccc2c1C(=O)C(=O)N1CCN(Cc2ccc(Cl)cc2)CC1. The van der Waals surface area contributed by atoms with Crippen molar-refractivity contribution < 1.29 is 9.59 Å². The number of para-hydroxylation sites is 1. The largest absolute Gasteiger partial charge is 0.358 e. The van der Waals surface area contributed by atoms with E-state index in [0.29, 0.717) is 18.7 Å². The fourth-order valence-electron chi connectivity index (χ4n) is 3.78. The Morgan fingerprint density at radius 2 is 1.68 bits per heavy atom. The minimum absolute atomic E-state index is 0.418. The zero-order valence-corrected chi connectivity index (χ0v) is 16.5. The van der Waals surface area contributed by atoms with Crippen molar-refractivity contribution in [2.75, 3.05) is 26.2 Å². The summed E-state index contributed by atoms with van der Waals surface area (Å²) in [6, 6.07) is 15.4. The average molecular weight is 396 g/mol. The summed E-state index contributed by atoms with van der Waals surface area (Å²) in [5, 5.41) is 1.53. The third-order valence-electron chi connectivity index (χ3n) is 5.29. The van der Waals surface area contributed by atoms with Crippen molar-refractivity contribution in [3.8, 4) is 0 Å². The first-order valence-corrected chi connectivity index (χ1v) is 9.78. The summed E-state index contributed by atoms with van der Waals surface area (Å²) in [6.07, 6.45) is 0. The van der Waals surface area contributed by atoms with E-state index in [1.54, 1.807) is 4.90 Å². The van der Waals surface area contributed by atoms with E-state index in [9.17, 15) is 9.59 Å². The number of amides is 1. The van der Waals surface area contributed by atoms with E-state index in [2.05, 4.69) is 9.88 Å². The second-order valence-electron chi connectivity index (χ2n) is 7.19. The first-order chi connectivity index (χ1) is 13.5. The van der Waals surface area contributed by atoms with Gasteiger partial charge in [-0.3, -0.25) is 14.5 Å². The van der Waals surface area contributed by atoms with Crippen molar-refractivity contribution in [2.24, 2.45) is 0 Å². The predicted molar refractivity (Wildman–Crippen MR) is 111 cm³/mol. The van der Waals surface area contributed by atoms with Crippen LogP contribution < -0.4 is 0 Å². The maximum Gasteiger partial charge on any atom is 0.295 e. The number of aryl methyl sites for hydroxylation is 1. The van der Waals surface area contributed by atoms with Crippen molar-refractivity contribution in [2.45, 2.75) is 13.5 Å². The number of hydrogen-bond donors (Lipinski definition) is 1. The van der Waals surface area contributed by atoms with Crippen LogP contribution in [0, 0.1) is 6.92 Å². The van der Waals surface area contributed by atoms with Gasteiger partial charge in [0.05, 0.1) is 5.56 Å². The topological polar surface area (TPSA) is 56.4 Å². The molecule has 6 heteroatoms. The van der Waals surface area contributed by atoms with Crippen LogP contribution >= 0.6 is 11.6 Å². The van der Waals surface area contributed by atoms with Crippen LogP contribution in [0.1, 0.15) is 21.6 Å². The number of halogens is 1. The smallest absolute Gasteiger partial charge is 0.295 e. The molecule has 0 radical (unpaired) electrons. The Morgan fingerprint density at radius 3 is 2.39 bits per heavy atom. The minimum Gasteiger partial charge on any atom is -0.358 e. The lowest BCUT2D eigenvalue weighted by Crippen LogP contribution is -2.50. The van der Waals surface area contributed by atoms with Crippen LogP contribution in [0.15, 0.2) is 48.5 Å². The van der Waals surface area contributed by atoms with Crippen LogP contribution in [-0.2, 0) is 11.3 Å². The summed E-state index contributed by atoms with van der Waals surface area (Å²) in [5.41, 5.74) is 3.30. The molecule has 1 amide bonds. The molecule has 0 spiro atoms. The van der Waals surface area contributed by atoms with Crippen molar-refractivity contribution in [1.29, 1.82) is 0 Å². The summed E-state index contributed by atoms with van der Waals surface area (Å²) in [5.74, 6) is -0.847. The Labute approximate surface area is 168 Å². The molecule has 1 fully saturated rings. The lowest BCUT2D eigenvalue weighted by molar-refractivity contribution is -0.128. The molecule has 28 heavy (non-hydrogen) atoms. The Morgan fingerprint density at radius 1 is 1.00 bits per heavy atom.